The van der Waals surface area contributed by atoms with E-state index in [-0.39, 0.29) is 76.4 Å². The number of benzene rings is 2. The fraction of sp³-hybridized carbons (Fsp3) is 0.250. The van der Waals surface area contributed by atoms with Crippen molar-refractivity contribution in [2.24, 2.45) is 0 Å². The van der Waals surface area contributed by atoms with Crippen molar-refractivity contribution in [3.8, 4) is 51.1 Å². The number of aryl methyl sites for hydroxylation is 1. The maximum Gasteiger partial charge on any atom is 1.00 e. The monoisotopic (exact) mass is 511 g/mol. The van der Waals surface area contributed by atoms with Crippen LogP contribution in [0.2, 0.25) is 0 Å². The fourth-order valence-corrected chi connectivity index (χ4v) is 4.31. The first-order valence-corrected chi connectivity index (χ1v) is 11.2. The van der Waals surface area contributed by atoms with Crippen molar-refractivity contribution in [3.63, 3.8) is 0 Å². The topological polar surface area (TPSA) is 122 Å². The molecule has 0 fully saturated rings. The Morgan fingerprint density at radius 2 is 1.36 bits per heavy atom. The van der Waals surface area contributed by atoms with E-state index < -0.39 is 7.82 Å². The first-order chi connectivity index (χ1) is 14.7. The van der Waals surface area contributed by atoms with Gasteiger partial charge in [-0.2, -0.15) is 4.37 Å². The van der Waals surface area contributed by atoms with Crippen LogP contribution in [0.4, 0.5) is 0 Å². The summed E-state index contributed by atoms with van der Waals surface area (Å²) in [6.07, 6.45) is 0. The first-order valence-electron chi connectivity index (χ1n) is 8.87. The van der Waals surface area contributed by atoms with Gasteiger partial charge in [-0.1, -0.05) is 0 Å². The summed E-state index contributed by atoms with van der Waals surface area (Å²) >= 11 is 1.21. The Morgan fingerprint density at radius 3 is 1.91 bits per heavy atom. The van der Waals surface area contributed by atoms with E-state index >= 15 is 0 Å². The molecule has 3 aromatic rings. The number of aromatic nitrogens is 1. The average Bonchev–Trinajstić information content (AvgIpc) is 3.21. The van der Waals surface area contributed by atoms with Gasteiger partial charge in [0, 0.05) is 16.5 Å². The second-order valence-electron chi connectivity index (χ2n) is 6.35. The minimum Gasteiger partial charge on any atom is -0.780 e. The molecule has 2 aromatic carbocycles. The molecule has 0 aliphatic heterocycles. The van der Waals surface area contributed by atoms with Crippen molar-refractivity contribution in [2.45, 2.75) is 6.92 Å². The Balaban J connectivity index is 0.00000272. The molecule has 9 nitrogen and oxygen atoms in total. The second-order valence-corrected chi connectivity index (χ2v) is 8.06. The Bertz CT molecular complexity index is 1150. The van der Waals surface area contributed by atoms with E-state index in [1.807, 2.05) is 13.0 Å². The van der Waals surface area contributed by atoms with Crippen LogP contribution in [0, 0.1) is 6.92 Å². The van der Waals surface area contributed by atoms with Gasteiger partial charge in [0.2, 0.25) is 5.75 Å². The molecular formula is C20H20NNa2O8PS. The SMILES string of the molecule is COc1cc(-c2nscc2-c2cc(OC)c(OC)c(OP(=O)([O-])[O-])c2)cc(C)c1OC.[Na+].[Na+]. The van der Waals surface area contributed by atoms with E-state index in [1.165, 1.54) is 31.8 Å². The van der Waals surface area contributed by atoms with E-state index in [4.69, 9.17) is 18.9 Å². The van der Waals surface area contributed by atoms with Crippen LogP contribution in [0.1, 0.15) is 5.56 Å². The molecule has 33 heavy (non-hydrogen) atoms. The van der Waals surface area contributed by atoms with Gasteiger partial charge in [0.1, 0.15) is 7.82 Å². The third-order valence-electron chi connectivity index (χ3n) is 4.47. The van der Waals surface area contributed by atoms with Crippen LogP contribution in [-0.2, 0) is 4.57 Å². The summed E-state index contributed by atoms with van der Waals surface area (Å²) in [7, 11) is 0.488. The zero-order valence-electron chi connectivity index (χ0n) is 19.5. The largest absolute Gasteiger partial charge is 1.00 e. The van der Waals surface area contributed by atoms with Gasteiger partial charge >= 0.3 is 59.1 Å². The Hall–Kier alpha value is -0.780. The summed E-state index contributed by atoms with van der Waals surface area (Å²) in [5, 5.41) is 1.79. The molecule has 0 aliphatic carbocycles. The van der Waals surface area contributed by atoms with Crippen LogP contribution < -0.4 is 92.4 Å². The van der Waals surface area contributed by atoms with Gasteiger partial charge in [0.15, 0.2) is 23.0 Å². The van der Waals surface area contributed by atoms with E-state index in [9.17, 15) is 14.4 Å². The molecular weight excluding hydrogens is 491 g/mol. The number of phosphoric acid groups is 1. The molecule has 0 amide bonds. The minimum absolute atomic E-state index is 0. The summed E-state index contributed by atoms with van der Waals surface area (Å²) in [5.74, 6) is 1.08. The van der Waals surface area contributed by atoms with Crippen LogP contribution in [0.3, 0.4) is 0 Å². The number of ether oxygens (including phenoxy) is 4. The molecule has 0 spiro atoms. The van der Waals surface area contributed by atoms with Crippen LogP contribution >= 0.6 is 19.4 Å². The predicted octanol–water partition coefficient (Wildman–Crippen LogP) is -2.96. The Morgan fingerprint density at radius 1 is 0.818 bits per heavy atom. The molecule has 0 aliphatic rings. The minimum atomic E-state index is -5.33. The molecule has 0 radical (unpaired) electrons. The van der Waals surface area contributed by atoms with Crippen LogP contribution in [-0.4, -0.2) is 32.8 Å². The number of hydrogen-bond acceptors (Lipinski definition) is 10. The molecule has 0 saturated carbocycles. The number of phosphoric ester groups is 1. The molecule has 166 valence electrons. The number of methoxy groups -OCH3 is 4. The molecule has 0 N–H and O–H groups in total. The van der Waals surface area contributed by atoms with Gasteiger partial charge in [-0.25, -0.2) is 0 Å². The summed E-state index contributed by atoms with van der Waals surface area (Å²) in [4.78, 5) is 22.5. The van der Waals surface area contributed by atoms with Crippen LogP contribution in [0.5, 0.6) is 28.7 Å². The van der Waals surface area contributed by atoms with Crippen molar-refractivity contribution in [3.05, 3.63) is 35.2 Å². The predicted molar refractivity (Wildman–Crippen MR) is 112 cm³/mol. The summed E-state index contributed by atoms with van der Waals surface area (Å²) in [6.45, 7) is 1.89. The van der Waals surface area contributed by atoms with E-state index in [2.05, 4.69) is 8.90 Å². The summed E-state index contributed by atoms with van der Waals surface area (Å²) in [5.41, 5.74) is 3.44. The molecule has 1 aromatic heterocycles. The van der Waals surface area contributed by atoms with E-state index in [0.717, 1.165) is 11.1 Å². The molecule has 1 heterocycles. The number of rotatable bonds is 8. The van der Waals surface area contributed by atoms with Gasteiger partial charge in [-0.3, -0.25) is 0 Å². The van der Waals surface area contributed by atoms with Crippen LogP contribution in [0.15, 0.2) is 29.6 Å². The standard InChI is InChI=1S/C20H22NO8PS.2Na/c1-11-6-13(9-15(25-2)19(11)27-4)18-14(10-31-21-18)12-7-16(26-3)20(28-5)17(8-12)29-30(22,23)24;;/h6-10H,1-5H3,(H2,22,23,24);;/q;2*+1/p-2. The van der Waals surface area contributed by atoms with Crippen molar-refractivity contribution >= 4 is 19.4 Å². The van der Waals surface area contributed by atoms with Gasteiger partial charge in [-0.15, -0.1) is 0 Å². The molecule has 3 rings (SSSR count). The van der Waals surface area contributed by atoms with Crippen molar-refractivity contribution in [1.29, 1.82) is 0 Å². The second kappa shape index (κ2) is 12.8. The van der Waals surface area contributed by atoms with Crippen molar-refractivity contribution < 1.29 is 96.9 Å². The normalized spacial score (nSPS) is 10.5. The molecule has 13 heteroatoms. The zero-order chi connectivity index (χ0) is 22.8. The molecule has 0 bridgehead atoms. The molecule has 0 saturated heterocycles. The maximum atomic E-state index is 11.2. The molecule has 0 atom stereocenters. The smallest absolute Gasteiger partial charge is 0.780 e. The van der Waals surface area contributed by atoms with Crippen LogP contribution in [0.25, 0.3) is 22.4 Å². The quantitative estimate of drug-likeness (QED) is 0.231. The number of hydrogen-bond donors (Lipinski definition) is 0. The summed E-state index contributed by atoms with van der Waals surface area (Å²) in [6, 6.07) is 6.74. The Labute approximate surface area is 240 Å². The third-order valence-corrected chi connectivity index (χ3v) is 5.52. The Kier molecular flexibility index (Phi) is 11.7. The van der Waals surface area contributed by atoms with Crippen molar-refractivity contribution in [2.75, 3.05) is 28.4 Å². The fourth-order valence-electron chi connectivity index (χ4n) is 3.21. The van der Waals surface area contributed by atoms with E-state index in [1.54, 1.807) is 31.7 Å². The average molecular weight is 511 g/mol. The zero-order valence-corrected chi connectivity index (χ0v) is 25.2. The summed E-state index contributed by atoms with van der Waals surface area (Å²) < 4.78 is 41.7. The van der Waals surface area contributed by atoms with E-state index in [0.29, 0.717) is 28.3 Å². The van der Waals surface area contributed by atoms with Gasteiger partial charge in [0.25, 0.3) is 0 Å². The molecule has 0 unspecified atom stereocenters. The van der Waals surface area contributed by atoms with Crippen molar-refractivity contribution in [1.82, 2.24) is 4.37 Å². The third kappa shape index (κ3) is 6.89. The van der Waals surface area contributed by atoms with Gasteiger partial charge < -0.3 is 37.8 Å². The van der Waals surface area contributed by atoms with Gasteiger partial charge in [0.05, 0.1) is 34.1 Å². The maximum absolute atomic E-state index is 11.2. The first kappa shape index (κ1) is 30.3. The number of nitrogens with zero attached hydrogens (tertiary/aromatic N) is 1. The van der Waals surface area contributed by atoms with Gasteiger partial charge in [-0.05, 0) is 53.8 Å².